The van der Waals surface area contributed by atoms with Gasteiger partial charge in [0.1, 0.15) is 11.2 Å². The fourth-order valence-electron chi connectivity index (χ4n) is 10.5. The number of benzene rings is 7. The summed E-state index contributed by atoms with van der Waals surface area (Å²) in [7, 11) is 2.51. The lowest BCUT2D eigenvalue weighted by Gasteiger charge is -2.15. The molecule has 0 N–H and O–H groups in total. The van der Waals surface area contributed by atoms with Gasteiger partial charge in [-0.05, 0) is 107 Å². The van der Waals surface area contributed by atoms with Crippen LogP contribution in [0.3, 0.4) is 0 Å². The summed E-state index contributed by atoms with van der Waals surface area (Å²) in [4.78, 5) is 0. The molecule has 10 aromatic rings. The topological polar surface area (TPSA) is 23.0 Å². The molecule has 281 valence electrons. The third-order valence-corrected chi connectivity index (χ3v) is 13.2. The number of rotatable bonds is 4. The van der Waals surface area contributed by atoms with E-state index >= 15 is 0 Å². The molecule has 3 aromatic heterocycles. The largest absolute Gasteiger partial charge is 0.456 e. The first-order valence-electron chi connectivity index (χ1n) is 21.1. The molecule has 0 fully saturated rings. The minimum atomic E-state index is 0.349. The second-order valence-electron chi connectivity index (χ2n) is 16.5. The van der Waals surface area contributed by atoms with Gasteiger partial charge in [0.15, 0.2) is 7.28 Å². The Labute approximate surface area is 348 Å². The van der Waals surface area contributed by atoms with E-state index in [2.05, 4.69) is 205 Å². The molecule has 2 atom stereocenters. The van der Waals surface area contributed by atoms with E-state index in [0.29, 0.717) is 11.7 Å². The van der Waals surface area contributed by atoms with Crippen LogP contribution in [0.25, 0.3) is 93.6 Å². The SMILES string of the molecule is [B]1c2c(cccc2-n2c3cc(-c4ccc5oc6ccccc6c5c4)ccc3c3c4c5ccccc5n(-c5ccc(C6=CCC=CC=C6)cc5)c4ccc32)C2C=CCC=CC12. The van der Waals surface area contributed by atoms with Crippen LogP contribution in [0.1, 0.15) is 29.9 Å². The minimum absolute atomic E-state index is 0.349. The summed E-state index contributed by atoms with van der Waals surface area (Å²) in [6.45, 7) is 0. The third-order valence-electron chi connectivity index (χ3n) is 13.2. The van der Waals surface area contributed by atoms with Gasteiger partial charge in [-0.25, -0.2) is 0 Å². The number of hydrogen-bond acceptors (Lipinski definition) is 1. The van der Waals surface area contributed by atoms with Crippen molar-refractivity contribution < 1.29 is 4.42 Å². The predicted octanol–water partition coefficient (Wildman–Crippen LogP) is 14.1. The van der Waals surface area contributed by atoms with E-state index in [-0.39, 0.29) is 0 Å². The number of allylic oxidation sites excluding steroid dienone is 10. The first kappa shape index (κ1) is 33.7. The molecule has 4 heteroatoms. The molecule has 3 aliphatic rings. The predicted molar refractivity (Wildman–Crippen MR) is 253 cm³/mol. The van der Waals surface area contributed by atoms with Crippen LogP contribution in [-0.4, -0.2) is 16.4 Å². The average Bonchev–Trinajstić information content (AvgIpc) is 3.90. The summed E-state index contributed by atoms with van der Waals surface area (Å²) in [6, 6.07) is 51.7. The summed E-state index contributed by atoms with van der Waals surface area (Å²) in [5.41, 5.74) is 16.6. The highest BCUT2D eigenvalue weighted by atomic mass is 16.3. The summed E-state index contributed by atoms with van der Waals surface area (Å²) in [5.74, 6) is 0.698. The fraction of sp³-hybridized carbons (Fsp3) is 0.0714. The Balaban J connectivity index is 1.07. The van der Waals surface area contributed by atoms with Crippen molar-refractivity contribution in [2.24, 2.45) is 0 Å². The Kier molecular flexibility index (Phi) is 7.35. The second kappa shape index (κ2) is 13.1. The molecule has 0 saturated heterocycles. The maximum absolute atomic E-state index is 6.24. The Hall–Kier alpha value is -7.30. The van der Waals surface area contributed by atoms with Crippen LogP contribution in [-0.2, 0) is 0 Å². The van der Waals surface area contributed by atoms with Crippen molar-refractivity contribution >= 4 is 83.9 Å². The molecule has 13 rings (SSSR count). The van der Waals surface area contributed by atoms with Crippen molar-refractivity contribution in [2.75, 3.05) is 0 Å². The van der Waals surface area contributed by atoms with Gasteiger partial charge in [0.25, 0.3) is 0 Å². The smallest absolute Gasteiger partial charge is 0.164 e. The van der Waals surface area contributed by atoms with Crippen molar-refractivity contribution in [2.45, 2.75) is 24.6 Å². The van der Waals surface area contributed by atoms with E-state index in [9.17, 15) is 0 Å². The standard InChI is InChI=1S/C56H38BN2O/c1-2-5-14-35(13-4-1)36-23-27-39(28-24-36)58-47-20-10-8-17-43(47)54-48(58)30-31-49-55(54)44-29-25-38(37-26-32-53-45(33-37)41-16-9-11-22-52(41)60-53)34-51(44)59(49)50-21-12-18-42-40-15-6-3-7-19-46(40)57-56(42)50/h1-2,4,6-34,40,46H,3,5H2. The Morgan fingerprint density at radius 3 is 2.18 bits per heavy atom. The fourth-order valence-corrected chi connectivity index (χ4v) is 10.5. The molecule has 2 aliphatic carbocycles. The van der Waals surface area contributed by atoms with E-state index in [1.807, 2.05) is 6.07 Å². The normalized spacial score (nSPS) is 17.2. The monoisotopic (exact) mass is 765 g/mol. The maximum atomic E-state index is 6.24. The van der Waals surface area contributed by atoms with Crippen molar-refractivity contribution in [3.8, 4) is 22.5 Å². The molecule has 1 radical (unpaired) electrons. The van der Waals surface area contributed by atoms with E-state index in [0.717, 1.165) is 40.5 Å². The summed E-state index contributed by atoms with van der Waals surface area (Å²) >= 11 is 0. The van der Waals surface area contributed by atoms with Gasteiger partial charge in [-0.1, -0.05) is 139 Å². The molecule has 7 aromatic carbocycles. The summed E-state index contributed by atoms with van der Waals surface area (Å²) in [5, 5.41) is 7.35. The first-order valence-corrected chi connectivity index (χ1v) is 21.1. The van der Waals surface area contributed by atoms with E-state index < -0.39 is 0 Å². The summed E-state index contributed by atoms with van der Waals surface area (Å²) in [6.07, 6.45) is 22.4. The number of hydrogen-bond donors (Lipinski definition) is 0. The molecule has 2 unspecified atom stereocenters. The van der Waals surface area contributed by atoms with Gasteiger partial charge in [-0.15, -0.1) is 0 Å². The van der Waals surface area contributed by atoms with Gasteiger partial charge >= 0.3 is 0 Å². The Bertz CT molecular complexity index is 3580. The van der Waals surface area contributed by atoms with Crippen molar-refractivity contribution in [1.82, 2.24) is 9.13 Å². The highest BCUT2D eigenvalue weighted by Gasteiger charge is 2.33. The number of para-hydroxylation sites is 2. The Morgan fingerprint density at radius 1 is 0.517 bits per heavy atom. The van der Waals surface area contributed by atoms with Gasteiger partial charge in [-0.3, -0.25) is 0 Å². The van der Waals surface area contributed by atoms with Crippen LogP contribution in [0.2, 0.25) is 5.82 Å². The van der Waals surface area contributed by atoms with Crippen LogP contribution >= 0.6 is 0 Å². The molecule has 0 saturated carbocycles. The van der Waals surface area contributed by atoms with Gasteiger partial charge in [0.05, 0.1) is 22.1 Å². The Morgan fingerprint density at radius 2 is 1.27 bits per heavy atom. The zero-order valence-electron chi connectivity index (χ0n) is 32.9. The molecule has 60 heavy (non-hydrogen) atoms. The minimum Gasteiger partial charge on any atom is -0.456 e. The van der Waals surface area contributed by atoms with Crippen molar-refractivity contribution in [1.29, 1.82) is 0 Å². The number of nitrogens with zero attached hydrogens (tertiary/aromatic N) is 2. The van der Waals surface area contributed by atoms with E-state index in [4.69, 9.17) is 4.42 Å². The summed E-state index contributed by atoms with van der Waals surface area (Å²) < 4.78 is 11.2. The third kappa shape index (κ3) is 4.97. The lowest BCUT2D eigenvalue weighted by atomic mass is 9.61. The highest BCUT2D eigenvalue weighted by molar-refractivity contribution is 6.60. The quantitative estimate of drug-likeness (QED) is 0.129. The van der Waals surface area contributed by atoms with Crippen molar-refractivity contribution in [3.63, 3.8) is 0 Å². The maximum Gasteiger partial charge on any atom is 0.164 e. The van der Waals surface area contributed by atoms with Crippen LogP contribution in [0.4, 0.5) is 0 Å². The van der Waals surface area contributed by atoms with Gasteiger partial charge in [-0.2, -0.15) is 0 Å². The number of aromatic nitrogens is 2. The molecule has 0 spiro atoms. The zero-order chi connectivity index (χ0) is 39.3. The van der Waals surface area contributed by atoms with Gasteiger partial charge in [0, 0.05) is 49.6 Å². The number of fused-ring (bicyclic) bond motifs is 13. The molecule has 0 bridgehead atoms. The van der Waals surface area contributed by atoms with Gasteiger partial charge in [0.2, 0.25) is 0 Å². The molecular weight excluding hydrogens is 727 g/mol. The molecule has 3 nitrogen and oxygen atoms in total. The molecule has 1 aliphatic heterocycles. The van der Waals surface area contributed by atoms with Gasteiger partial charge < -0.3 is 13.6 Å². The van der Waals surface area contributed by atoms with E-state index in [1.165, 1.54) is 82.6 Å². The zero-order valence-corrected chi connectivity index (χ0v) is 32.9. The lowest BCUT2D eigenvalue weighted by Crippen LogP contribution is -2.19. The molecule has 4 heterocycles. The van der Waals surface area contributed by atoms with Crippen LogP contribution in [0, 0.1) is 0 Å². The van der Waals surface area contributed by atoms with Crippen LogP contribution in [0.5, 0.6) is 0 Å². The highest BCUT2D eigenvalue weighted by Crippen LogP contribution is 2.45. The average molecular weight is 766 g/mol. The molecular formula is C56H38BN2O. The van der Waals surface area contributed by atoms with E-state index in [1.54, 1.807) is 0 Å². The number of furan rings is 1. The first-order chi connectivity index (χ1) is 29.8. The van der Waals surface area contributed by atoms with Crippen molar-refractivity contribution in [3.05, 3.63) is 205 Å². The molecule has 0 amide bonds. The van der Waals surface area contributed by atoms with Crippen LogP contribution in [0.15, 0.2) is 199 Å². The van der Waals surface area contributed by atoms with Crippen LogP contribution < -0.4 is 5.46 Å². The second-order valence-corrected chi connectivity index (χ2v) is 16.5. The lowest BCUT2D eigenvalue weighted by molar-refractivity contribution is 0.669.